The molecule has 1 aromatic carbocycles. The number of hydrogen-bond acceptors (Lipinski definition) is 10. The number of β-amino-alcohol motifs (C(OH)–C–C–N with tert-alkyl or cyclic N) is 1. The molecule has 2 aromatic rings. The average Bonchev–Trinajstić information content (AvgIpc) is 3.07. The Labute approximate surface area is 243 Å². The van der Waals surface area contributed by atoms with E-state index in [-0.39, 0.29) is 24.5 Å². The molecular formula is C25H35ClF3N7O4S. The Balaban J connectivity index is 1.54. The fourth-order valence-electron chi connectivity index (χ4n) is 5.25. The van der Waals surface area contributed by atoms with E-state index in [4.69, 9.17) is 16.3 Å². The Morgan fingerprint density at radius 1 is 1.24 bits per heavy atom. The number of fused-ring (bicyclic) bond motifs is 1. The highest BCUT2D eigenvalue weighted by molar-refractivity contribution is 7.70. The number of hydrogen-bond donors (Lipinski definition) is 5. The number of rotatable bonds is 10. The summed E-state index contributed by atoms with van der Waals surface area (Å²) >= 11 is 6.41. The number of thiol groups is 1. The highest BCUT2D eigenvalue weighted by Crippen LogP contribution is 2.37. The van der Waals surface area contributed by atoms with Crippen molar-refractivity contribution in [1.82, 2.24) is 19.6 Å². The number of likely N-dealkylation sites (N-methyl/N-ethyl adjacent to an activating group) is 1. The number of aliphatic hydroxyl groups is 1. The molecule has 228 valence electrons. The standard InChI is InChI=1S/C25H35ClF3N7O4S/c1-35-7-8-36(14-22(37)25(27,28)29)13-16-9-21(40-2)19(10-20(16)35)33-24-30-12-17(26)23(34-24)32-18-6-4-3-5-15(18)11-31-41(38)39/h9-10,12,15,18,22,37,41H,3-8,11,13-14H2,1-2H3,(H,31,38,39)(H2,30,32,33,34)/t15-,18-,22-/m1/s1. The SMILES string of the molecule is COc1cc2c(cc1Nc1ncc(Cl)c(N[C@@H]3CCCC[C@@H]3CN[SH](=O)=O)n1)N(C)CCN(C[C@@H](O)C(F)(F)F)C2. The molecule has 1 aliphatic heterocycles. The number of benzene rings is 1. The first-order valence-electron chi connectivity index (χ1n) is 13.3. The molecule has 2 heterocycles. The van der Waals surface area contributed by atoms with E-state index in [1.54, 1.807) is 11.0 Å². The molecule has 1 aliphatic carbocycles. The normalized spacial score (nSPS) is 20.8. The largest absolute Gasteiger partial charge is 0.495 e. The quantitative estimate of drug-likeness (QED) is 0.252. The van der Waals surface area contributed by atoms with Gasteiger partial charge in [-0.15, -0.1) is 0 Å². The van der Waals surface area contributed by atoms with Gasteiger partial charge in [0.1, 0.15) is 10.8 Å². The Bertz CT molecular complexity index is 1280. The maximum atomic E-state index is 13.0. The summed E-state index contributed by atoms with van der Waals surface area (Å²) < 4.78 is 69.1. The zero-order valence-electron chi connectivity index (χ0n) is 22.7. The van der Waals surface area contributed by atoms with Gasteiger partial charge in [-0.2, -0.15) is 18.2 Å². The Hall–Kier alpha value is -2.59. The van der Waals surface area contributed by atoms with Crippen LogP contribution in [-0.4, -0.2) is 87.1 Å². The van der Waals surface area contributed by atoms with E-state index in [1.165, 1.54) is 13.3 Å². The van der Waals surface area contributed by atoms with Gasteiger partial charge < -0.3 is 25.4 Å². The van der Waals surface area contributed by atoms with E-state index in [0.29, 0.717) is 41.9 Å². The van der Waals surface area contributed by atoms with Gasteiger partial charge in [-0.3, -0.25) is 4.90 Å². The molecule has 0 bridgehead atoms. The van der Waals surface area contributed by atoms with Crippen LogP contribution >= 0.6 is 11.6 Å². The van der Waals surface area contributed by atoms with Crippen LogP contribution in [0.15, 0.2) is 18.3 Å². The van der Waals surface area contributed by atoms with E-state index < -0.39 is 29.7 Å². The first-order chi connectivity index (χ1) is 19.4. The molecule has 16 heteroatoms. The predicted octanol–water partition coefficient (Wildman–Crippen LogP) is 3.14. The topological polar surface area (TPSA) is 132 Å². The van der Waals surface area contributed by atoms with E-state index >= 15 is 0 Å². The van der Waals surface area contributed by atoms with E-state index in [2.05, 4.69) is 25.3 Å². The molecule has 41 heavy (non-hydrogen) atoms. The van der Waals surface area contributed by atoms with E-state index in [0.717, 1.165) is 36.9 Å². The maximum Gasteiger partial charge on any atom is 0.415 e. The average molecular weight is 622 g/mol. The molecule has 11 nitrogen and oxygen atoms in total. The lowest BCUT2D eigenvalue weighted by Crippen LogP contribution is -2.42. The van der Waals surface area contributed by atoms with E-state index in [1.807, 2.05) is 18.0 Å². The third kappa shape index (κ3) is 8.25. The van der Waals surface area contributed by atoms with Crippen LogP contribution in [0, 0.1) is 5.92 Å². The fraction of sp³-hybridized carbons (Fsp3) is 0.600. The third-order valence-corrected chi connectivity index (χ3v) is 8.19. The highest BCUT2D eigenvalue weighted by atomic mass is 35.5. The van der Waals surface area contributed by atoms with E-state index in [9.17, 15) is 26.7 Å². The minimum Gasteiger partial charge on any atom is -0.495 e. The van der Waals surface area contributed by atoms with Crippen LogP contribution in [-0.2, 0) is 17.4 Å². The van der Waals surface area contributed by atoms with Gasteiger partial charge in [-0.1, -0.05) is 24.4 Å². The Morgan fingerprint density at radius 2 is 2.00 bits per heavy atom. The van der Waals surface area contributed by atoms with Crippen molar-refractivity contribution >= 4 is 45.6 Å². The number of nitrogens with one attached hydrogen (secondary N) is 3. The van der Waals surface area contributed by atoms with Crippen molar-refractivity contribution in [2.24, 2.45) is 5.92 Å². The molecule has 2 aliphatic rings. The number of aromatic nitrogens is 2. The molecular weight excluding hydrogens is 587 g/mol. The minimum atomic E-state index is -4.69. The summed E-state index contributed by atoms with van der Waals surface area (Å²) in [7, 11) is 0.650. The summed E-state index contributed by atoms with van der Waals surface area (Å²) in [5.74, 6) is 1.18. The van der Waals surface area contributed by atoms with Crippen LogP contribution in [0.4, 0.5) is 36.3 Å². The van der Waals surface area contributed by atoms with Crippen molar-refractivity contribution in [3.63, 3.8) is 0 Å². The number of halogens is 4. The van der Waals surface area contributed by atoms with Crippen LogP contribution in [0.1, 0.15) is 31.2 Å². The number of nitrogens with zero attached hydrogens (tertiary/aromatic N) is 4. The number of ether oxygens (including phenoxy) is 1. The monoisotopic (exact) mass is 621 g/mol. The summed E-state index contributed by atoms with van der Waals surface area (Å²) in [6, 6.07) is 3.55. The molecule has 1 saturated carbocycles. The third-order valence-electron chi connectivity index (χ3n) is 7.47. The zero-order valence-corrected chi connectivity index (χ0v) is 24.4. The molecule has 4 rings (SSSR count). The van der Waals surface area contributed by atoms with Crippen molar-refractivity contribution in [3.05, 3.63) is 28.9 Å². The Kier molecular flexibility index (Phi) is 10.4. The maximum absolute atomic E-state index is 13.0. The molecule has 0 saturated heterocycles. The molecule has 4 N–H and O–H groups in total. The molecule has 0 amide bonds. The second-order valence-corrected chi connectivity index (χ2v) is 11.6. The summed E-state index contributed by atoms with van der Waals surface area (Å²) in [4.78, 5) is 12.4. The molecule has 0 radical (unpaired) electrons. The second kappa shape index (κ2) is 13.6. The van der Waals surface area contributed by atoms with Crippen LogP contribution in [0.25, 0.3) is 0 Å². The second-order valence-electron chi connectivity index (χ2n) is 10.3. The van der Waals surface area contributed by atoms with Crippen LogP contribution in [0.5, 0.6) is 5.75 Å². The van der Waals surface area contributed by atoms with Crippen LogP contribution < -0.4 is 25.0 Å². The van der Waals surface area contributed by atoms with Gasteiger partial charge in [0, 0.05) is 51.5 Å². The van der Waals surface area contributed by atoms with Gasteiger partial charge >= 0.3 is 6.18 Å². The lowest BCUT2D eigenvalue weighted by Gasteiger charge is -2.32. The summed E-state index contributed by atoms with van der Waals surface area (Å²) in [5.41, 5.74) is 2.09. The van der Waals surface area contributed by atoms with Gasteiger partial charge in [0.05, 0.1) is 19.0 Å². The van der Waals surface area contributed by atoms with Gasteiger partial charge in [0.25, 0.3) is 0 Å². The van der Waals surface area contributed by atoms with Gasteiger partial charge in [0.2, 0.25) is 16.8 Å². The fourth-order valence-corrected chi connectivity index (χ4v) is 5.78. The van der Waals surface area contributed by atoms with Crippen molar-refractivity contribution < 1.29 is 31.4 Å². The molecule has 1 fully saturated rings. The zero-order chi connectivity index (χ0) is 29.7. The summed E-state index contributed by atoms with van der Waals surface area (Å²) in [6.07, 6.45) is -1.93. The van der Waals surface area contributed by atoms with Crippen molar-refractivity contribution in [2.75, 3.05) is 55.9 Å². The van der Waals surface area contributed by atoms with Gasteiger partial charge in [0.15, 0.2) is 11.9 Å². The van der Waals surface area contributed by atoms with Crippen LogP contribution in [0.2, 0.25) is 5.02 Å². The minimum absolute atomic E-state index is 0.0269. The first kappa shape index (κ1) is 31.3. The number of anilines is 4. The lowest BCUT2D eigenvalue weighted by molar-refractivity contribution is -0.208. The van der Waals surface area contributed by atoms with Crippen LogP contribution in [0.3, 0.4) is 0 Å². The molecule has 0 unspecified atom stereocenters. The summed E-state index contributed by atoms with van der Waals surface area (Å²) in [6.45, 7) is 0.791. The lowest BCUT2D eigenvalue weighted by atomic mass is 9.84. The van der Waals surface area contributed by atoms with Crippen molar-refractivity contribution in [3.8, 4) is 5.75 Å². The Morgan fingerprint density at radius 3 is 2.71 bits per heavy atom. The van der Waals surface area contributed by atoms with Gasteiger partial charge in [-0.25, -0.2) is 18.1 Å². The molecule has 3 atom stereocenters. The predicted molar refractivity (Wildman–Crippen MR) is 152 cm³/mol. The molecule has 1 aromatic heterocycles. The first-order valence-corrected chi connectivity index (χ1v) is 14.8. The van der Waals surface area contributed by atoms with Crippen molar-refractivity contribution in [1.29, 1.82) is 0 Å². The van der Waals surface area contributed by atoms with Gasteiger partial charge in [-0.05, 0) is 36.5 Å². The summed E-state index contributed by atoms with van der Waals surface area (Å²) in [5, 5.41) is 16.4. The highest BCUT2D eigenvalue weighted by Gasteiger charge is 2.39. The molecule has 0 spiro atoms. The smallest absolute Gasteiger partial charge is 0.415 e. The number of alkyl halides is 3. The number of methoxy groups -OCH3 is 1. The van der Waals surface area contributed by atoms with Crippen molar-refractivity contribution in [2.45, 2.75) is 50.6 Å². The number of aliphatic hydroxyl groups excluding tert-OH is 1.